The first-order valence-electron chi connectivity index (χ1n) is 13.1. The second-order valence-electron chi connectivity index (χ2n) is 10.2. The largest absolute Gasteiger partial charge is 0.484 e. The lowest BCUT2D eigenvalue weighted by atomic mass is 10.0. The summed E-state index contributed by atoms with van der Waals surface area (Å²) in [5.41, 5.74) is 2.14. The lowest BCUT2D eigenvalue weighted by Crippen LogP contribution is -2.32. The number of hydrogen-bond donors (Lipinski definition) is 1. The SMILES string of the molecule is O=C(O)c1cc(F)c2nc(CN3CC[C@@H](c4cccc(COc5ccc(Cl)cc5F)n4)C3)n(C[C@@H]3CCO3)c2c1. The topological polar surface area (TPSA) is 89.7 Å². The van der Waals surface area contributed by atoms with Gasteiger partial charge in [0, 0.05) is 29.8 Å². The number of halogens is 3. The third kappa shape index (κ3) is 5.52. The van der Waals surface area contributed by atoms with E-state index >= 15 is 0 Å². The average Bonchev–Trinajstić information content (AvgIpc) is 3.51. The molecule has 0 saturated carbocycles. The molecule has 2 aliphatic rings. The van der Waals surface area contributed by atoms with Crippen LogP contribution in [0.15, 0.2) is 48.5 Å². The van der Waals surface area contributed by atoms with E-state index in [1.807, 2.05) is 22.8 Å². The zero-order valence-corrected chi connectivity index (χ0v) is 22.3. The van der Waals surface area contributed by atoms with Gasteiger partial charge in [-0.3, -0.25) is 9.88 Å². The second kappa shape index (κ2) is 11.1. The number of aromatic carboxylic acids is 1. The Labute approximate surface area is 234 Å². The molecule has 0 unspecified atom stereocenters. The number of ether oxygens (including phenoxy) is 2. The number of imidazole rings is 1. The first kappa shape index (κ1) is 26.6. The van der Waals surface area contributed by atoms with Gasteiger partial charge in [0.25, 0.3) is 0 Å². The summed E-state index contributed by atoms with van der Waals surface area (Å²) in [6, 6.07) is 12.5. The van der Waals surface area contributed by atoms with Crippen molar-refractivity contribution in [2.45, 2.75) is 44.6 Å². The second-order valence-corrected chi connectivity index (χ2v) is 10.6. The molecule has 6 rings (SSSR count). The molecule has 2 atom stereocenters. The summed E-state index contributed by atoms with van der Waals surface area (Å²) in [4.78, 5) is 23.2. The highest BCUT2D eigenvalue weighted by Gasteiger charge is 2.29. The Morgan fingerprint density at radius 1 is 1.12 bits per heavy atom. The van der Waals surface area contributed by atoms with E-state index in [0.29, 0.717) is 41.8 Å². The molecule has 0 amide bonds. The molecule has 2 aliphatic heterocycles. The van der Waals surface area contributed by atoms with Gasteiger partial charge in [-0.1, -0.05) is 17.7 Å². The van der Waals surface area contributed by atoms with Crippen LogP contribution >= 0.6 is 11.6 Å². The Bertz CT molecular complexity index is 1580. The Hall–Kier alpha value is -3.60. The van der Waals surface area contributed by atoms with Gasteiger partial charge < -0.3 is 19.1 Å². The number of likely N-dealkylation sites (tertiary alicyclic amines) is 1. The van der Waals surface area contributed by atoms with Gasteiger partial charge >= 0.3 is 5.97 Å². The van der Waals surface area contributed by atoms with E-state index in [2.05, 4.69) is 9.88 Å². The van der Waals surface area contributed by atoms with Gasteiger partial charge in [0.2, 0.25) is 0 Å². The van der Waals surface area contributed by atoms with E-state index < -0.39 is 17.6 Å². The molecule has 208 valence electrons. The summed E-state index contributed by atoms with van der Waals surface area (Å²) >= 11 is 5.81. The number of rotatable bonds is 9. The summed E-state index contributed by atoms with van der Waals surface area (Å²) in [6.07, 6.45) is 1.77. The Morgan fingerprint density at radius 2 is 1.98 bits per heavy atom. The molecule has 2 aromatic heterocycles. The van der Waals surface area contributed by atoms with Crippen molar-refractivity contribution in [3.05, 3.63) is 88.0 Å². The molecule has 0 aliphatic carbocycles. The summed E-state index contributed by atoms with van der Waals surface area (Å²) in [5, 5.41) is 9.75. The number of hydrogen-bond acceptors (Lipinski definition) is 6. The number of pyridine rings is 1. The molecule has 4 aromatic rings. The molecule has 1 N–H and O–H groups in total. The van der Waals surface area contributed by atoms with Gasteiger partial charge in [0.1, 0.15) is 17.9 Å². The van der Waals surface area contributed by atoms with Crippen molar-refractivity contribution >= 4 is 28.6 Å². The number of carboxylic acid groups (broad SMARTS) is 1. The Balaban J connectivity index is 1.17. The van der Waals surface area contributed by atoms with Crippen molar-refractivity contribution in [3.8, 4) is 5.75 Å². The lowest BCUT2D eigenvalue weighted by molar-refractivity contribution is -0.0591. The van der Waals surface area contributed by atoms with E-state index in [4.69, 9.17) is 26.1 Å². The fourth-order valence-corrected chi connectivity index (χ4v) is 5.44. The molecule has 0 bridgehead atoms. The van der Waals surface area contributed by atoms with Gasteiger partial charge in [-0.15, -0.1) is 0 Å². The molecule has 0 radical (unpaired) electrons. The van der Waals surface area contributed by atoms with E-state index in [1.165, 1.54) is 18.2 Å². The fraction of sp³-hybridized carbons (Fsp3) is 0.345. The summed E-state index contributed by atoms with van der Waals surface area (Å²) in [7, 11) is 0. The number of fused-ring (bicyclic) bond motifs is 1. The van der Waals surface area contributed by atoms with Crippen LogP contribution in [0.4, 0.5) is 8.78 Å². The molecule has 0 spiro atoms. The first-order chi connectivity index (χ1) is 19.3. The van der Waals surface area contributed by atoms with Crippen molar-refractivity contribution in [1.29, 1.82) is 0 Å². The third-order valence-corrected chi connectivity index (χ3v) is 7.70. The highest BCUT2D eigenvalue weighted by Crippen LogP contribution is 2.30. The van der Waals surface area contributed by atoms with Gasteiger partial charge in [0.05, 0.1) is 36.0 Å². The van der Waals surface area contributed by atoms with E-state index in [-0.39, 0.29) is 35.5 Å². The Kier molecular flexibility index (Phi) is 7.39. The minimum atomic E-state index is -1.18. The third-order valence-electron chi connectivity index (χ3n) is 7.47. The van der Waals surface area contributed by atoms with Crippen LogP contribution in [0.25, 0.3) is 11.0 Å². The minimum Gasteiger partial charge on any atom is -0.484 e. The quantitative estimate of drug-likeness (QED) is 0.288. The van der Waals surface area contributed by atoms with Crippen LogP contribution < -0.4 is 4.74 Å². The lowest BCUT2D eigenvalue weighted by Gasteiger charge is -2.28. The van der Waals surface area contributed by atoms with Crippen molar-refractivity contribution in [3.63, 3.8) is 0 Å². The predicted molar refractivity (Wildman–Crippen MR) is 144 cm³/mol. The summed E-state index contributed by atoms with van der Waals surface area (Å²) in [6.45, 7) is 3.31. The summed E-state index contributed by atoms with van der Waals surface area (Å²) in [5.74, 6) is -1.39. The Morgan fingerprint density at radius 3 is 2.73 bits per heavy atom. The van der Waals surface area contributed by atoms with E-state index in [1.54, 1.807) is 6.07 Å². The summed E-state index contributed by atoms with van der Waals surface area (Å²) < 4.78 is 42.1. The zero-order chi connectivity index (χ0) is 27.8. The molecule has 2 saturated heterocycles. The van der Waals surface area contributed by atoms with Crippen LogP contribution in [0.5, 0.6) is 5.75 Å². The molecular weight excluding hydrogens is 542 g/mol. The monoisotopic (exact) mass is 568 g/mol. The average molecular weight is 569 g/mol. The number of benzene rings is 2. The van der Waals surface area contributed by atoms with Gasteiger partial charge in [-0.25, -0.2) is 18.6 Å². The maximum atomic E-state index is 14.9. The van der Waals surface area contributed by atoms with Crippen LogP contribution in [-0.4, -0.2) is 56.3 Å². The first-order valence-corrected chi connectivity index (χ1v) is 13.5. The fourth-order valence-electron chi connectivity index (χ4n) is 5.28. The number of carboxylic acids is 1. The molecule has 4 heterocycles. The van der Waals surface area contributed by atoms with Gasteiger partial charge in [-0.05, 0) is 61.9 Å². The van der Waals surface area contributed by atoms with Crippen LogP contribution in [0.2, 0.25) is 5.02 Å². The van der Waals surface area contributed by atoms with Crippen LogP contribution in [-0.2, 0) is 24.4 Å². The highest BCUT2D eigenvalue weighted by atomic mass is 35.5. The predicted octanol–water partition coefficient (Wildman–Crippen LogP) is 5.42. The molecule has 8 nitrogen and oxygen atoms in total. The molecule has 2 aromatic carbocycles. The molecule has 40 heavy (non-hydrogen) atoms. The maximum Gasteiger partial charge on any atom is 0.335 e. The van der Waals surface area contributed by atoms with Crippen LogP contribution in [0.3, 0.4) is 0 Å². The van der Waals surface area contributed by atoms with Crippen molar-refractivity contribution < 1.29 is 28.2 Å². The maximum absolute atomic E-state index is 14.9. The number of nitrogens with zero attached hydrogens (tertiary/aromatic N) is 4. The molecule has 2 fully saturated rings. The van der Waals surface area contributed by atoms with E-state index in [9.17, 15) is 18.7 Å². The smallest absolute Gasteiger partial charge is 0.335 e. The minimum absolute atomic E-state index is 0.00507. The van der Waals surface area contributed by atoms with Crippen molar-refractivity contribution in [2.75, 3.05) is 19.7 Å². The van der Waals surface area contributed by atoms with Crippen molar-refractivity contribution in [1.82, 2.24) is 19.4 Å². The molecular formula is C29H27ClF2N4O4. The number of carbonyl (C=O) groups is 1. The molecule has 11 heteroatoms. The number of aromatic nitrogens is 3. The van der Waals surface area contributed by atoms with Crippen molar-refractivity contribution in [2.24, 2.45) is 0 Å². The van der Waals surface area contributed by atoms with Gasteiger partial charge in [-0.2, -0.15) is 0 Å². The van der Waals surface area contributed by atoms with E-state index in [0.717, 1.165) is 37.7 Å². The normalized spacial score (nSPS) is 19.2. The zero-order valence-electron chi connectivity index (χ0n) is 21.5. The standard InChI is InChI=1S/C29H27ClF2N4O4/c30-19-4-5-26(22(31)12-19)40-16-20-2-1-3-24(33-20)17-6-8-35(13-17)15-27-34-28-23(32)10-18(29(37)38)11-25(28)36(27)14-21-7-9-39-21/h1-5,10-12,17,21H,6-9,13-16H2,(H,37,38)/t17-,21+/m1/s1. The van der Waals surface area contributed by atoms with Gasteiger partial charge in [0.15, 0.2) is 17.4 Å². The highest BCUT2D eigenvalue weighted by molar-refractivity contribution is 6.30. The van der Waals surface area contributed by atoms with Crippen LogP contribution in [0, 0.1) is 11.6 Å². The van der Waals surface area contributed by atoms with Crippen LogP contribution in [0.1, 0.15) is 46.3 Å².